The summed E-state index contributed by atoms with van der Waals surface area (Å²) in [5.41, 5.74) is 1.01. The van der Waals surface area contributed by atoms with Crippen LogP contribution in [-0.4, -0.2) is 57.0 Å². The Morgan fingerprint density at radius 3 is 2.63 bits per heavy atom. The smallest absolute Gasteiger partial charge is 0.230 e. The molecule has 0 aliphatic carbocycles. The van der Waals surface area contributed by atoms with Crippen LogP contribution in [-0.2, 0) is 4.74 Å². The lowest BCUT2D eigenvalue weighted by Gasteiger charge is -2.40. The first-order valence-corrected chi connectivity index (χ1v) is 9.87. The summed E-state index contributed by atoms with van der Waals surface area (Å²) in [4.78, 5) is 8.27. The van der Waals surface area contributed by atoms with Gasteiger partial charge in [0.2, 0.25) is 10.8 Å². The molecule has 0 saturated carbocycles. The summed E-state index contributed by atoms with van der Waals surface area (Å²) in [6.07, 6.45) is 0.218. The lowest BCUT2D eigenvalue weighted by molar-refractivity contribution is -0.0765. The maximum absolute atomic E-state index is 10.9. The van der Waals surface area contributed by atoms with Crippen LogP contribution in [0.5, 0.6) is 11.6 Å². The van der Waals surface area contributed by atoms with E-state index in [4.69, 9.17) is 9.47 Å². The molecule has 0 unspecified atom stereocenters. The molecule has 0 radical (unpaired) electrons. The van der Waals surface area contributed by atoms with Crippen LogP contribution < -0.4 is 4.74 Å². The van der Waals surface area contributed by atoms with Crippen molar-refractivity contribution in [2.24, 2.45) is 0 Å². The van der Waals surface area contributed by atoms with Crippen LogP contribution in [0, 0.1) is 6.92 Å². The molecule has 8 heteroatoms. The van der Waals surface area contributed by atoms with Gasteiger partial charge in [0.25, 0.3) is 0 Å². The van der Waals surface area contributed by atoms with Gasteiger partial charge in [-0.25, -0.2) is 4.98 Å². The molecule has 0 bridgehead atoms. The number of aromatic nitrogens is 3. The average Bonchev–Trinajstić information content (AvgIpc) is 3.13. The molecule has 1 aliphatic rings. The Morgan fingerprint density at radius 2 is 1.96 bits per heavy atom. The number of morpholine rings is 1. The number of hydrogen-bond donors (Lipinski definition) is 1. The number of aromatic hydroxyl groups is 1. The van der Waals surface area contributed by atoms with Gasteiger partial charge in [-0.2, -0.15) is 4.52 Å². The van der Waals surface area contributed by atoms with E-state index in [0.29, 0.717) is 10.8 Å². The third-order valence-corrected chi connectivity index (χ3v) is 5.87. The monoisotopic (exact) mass is 388 g/mol. The quantitative estimate of drug-likeness (QED) is 0.741. The van der Waals surface area contributed by atoms with Gasteiger partial charge in [-0.1, -0.05) is 29.5 Å². The molecule has 3 aromatic rings. The SMILES string of the molecule is COc1ccccc1[C@H](c1sc2nc(C)nn2c1O)N1C[C@@H](C)O[C@H](C)C1. The van der Waals surface area contributed by atoms with E-state index in [9.17, 15) is 5.11 Å². The summed E-state index contributed by atoms with van der Waals surface area (Å²) in [5.74, 6) is 1.58. The predicted molar refractivity (Wildman–Crippen MR) is 104 cm³/mol. The summed E-state index contributed by atoms with van der Waals surface area (Å²) in [5, 5.41) is 15.3. The van der Waals surface area contributed by atoms with Crippen LogP contribution in [0.15, 0.2) is 24.3 Å². The Bertz CT molecular complexity index is 944. The Balaban J connectivity index is 1.87. The highest BCUT2D eigenvalue weighted by Crippen LogP contribution is 2.43. The second-order valence-corrected chi connectivity index (χ2v) is 8.01. The minimum Gasteiger partial charge on any atom is -0.496 e. The molecule has 1 saturated heterocycles. The first-order chi connectivity index (χ1) is 13.0. The molecule has 7 nitrogen and oxygen atoms in total. The standard InChI is InChI=1S/C19H24N4O3S/c1-11-9-22(10-12(2)26-11)16(14-7-5-6-8-15(14)25-4)17-18(24)23-19(27-17)20-13(3)21-23/h5-8,11-12,16,24H,9-10H2,1-4H3/t11-,12-,16-/m1/s1. The van der Waals surface area contributed by atoms with E-state index in [1.807, 2.05) is 25.1 Å². The molecule has 3 atom stereocenters. The van der Waals surface area contributed by atoms with Crippen LogP contribution in [0.25, 0.3) is 4.96 Å². The minimum atomic E-state index is -0.163. The van der Waals surface area contributed by atoms with Gasteiger partial charge in [0, 0.05) is 18.7 Å². The van der Waals surface area contributed by atoms with Crippen LogP contribution in [0.1, 0.15) is 36.2 Å². The first kappa shape index (κ1) is 18.2. The van der Waals surface area contributed by atoms with Gasteiger partial charge in [0.05, 0.1) is 30.2 Å². The lowest BCUT2D eigenvalue weighted by Crippen LogP contribution is -2.47. The highest BCUT2D eigenvalue weighted by atomic mass is 32.1. The fraction of sp³-hybridized carbons (Fsp3) is 0.474. The number of rotatable bonds is 4. The molecular formula is C19H24N4O3S. The Kier molecular flexibility index (Phi) is 4.79. The van der Waals surface area contributed by atoms with Crippen molar-refractivity contribution in [2.45, 2.75) is 39.0 Å². The van der Waals surface area contributed by atoms with Gasteiger partial charge < -0.3 is 14.6 Å². The second kappa shape index (κ2) is 7.10. The zero-order chi connectivity index (χ0) is 19.1. The van der Waals surface area contributed by atoms with E-state index >= 15 is 0 Å². The van der Waals surface area contributed by atoms with Crippen molar-refractivity contribution < 1.29 is 14.6 Å². The molecule has 27 heavy (non-hydrogen) atoms. The number of para-hydroxylation sites is 1. The van der Waals surface area contributed by atoms with Crippen LogP contribution in [0.4, 0.5) is 0 Å². The second-order valence-electron chi connectivity index (χ2n) is 7.00. The zero-order valence-electron chi connectivity index (χ0n) is 15.9. The van der Waals surface area contributed by atoms with Crippen molar-refractivity contribution >= 4 is 16.3 Å². The topological polar surface area (TPSA) is 72.1 Å². The number of ether oxygens (including phenoxy) is 2. The third kappa shape index (κ3) is 3.28. The highest BCUT2D eigenvalue weighted by Gasteiger charge is 2.35. The summed E-state index contributed by atoms with van der Waals surface area (Å²) < 4.78 is 13.1. The van der Waals surface area contributed by atoms with Crippen molar-refractivity contribution in [3.8, 4) is 11.6 Å². The average molecular weight is 388 g/mol. The molecule has 4 rings (SSSR count). The van der Waals surface area contributed by atoms with E-state index in [1.54, 1.807) is 7.11 Å². The van der Waals surface area contributed by atoms with Gasteiger partial charge in [0.15, 0.2) is 0 Å². The van der Waals surface area contributed by atoms with Crippen molar-refractivity contribution in [3.63, 3.8) is 0 Å². The summed E-state index contributed by atoms with van der Waals surface area (Å²) >= 11 is 1.46. The number of fused-ring (bicyclic) bond motifs is 1. The van der Waals surface area contributed by atoms with E-state index in [0.717, 1.165) is 29.3 Å². The first-order valence-electron chi connectivity index (χ1n) is 9.05. The van der Waals surface area contributed by atoms with Crippen LogP contribution >= 0.6 is 11.3 Å². The largest absolute Gasteiger partial charge is 0.496 e. The van der Waals surface area contributed by atoms with Crippen LogP contribution in [0.3, 0.4) is 0 Å². The van der Waals surface area contributed by atoms with Crippen molar-refractivity contribution in [2.75, 3.05) is 20.2 Å². The maximum Gasteiger partial charge on any atom is 0.230 e. The summed E-state index contributed by atoms with van der Waals surface area (Å²) in [7, 11) is 1.67. The number of nitrogens with zero attached hydrogens (tertiary/aromatic N) is 4. The lowest BCUT2D eigenvalue weighted by atomic mass is 10.0. The third-order valence-electron chi connectivity index (χ3n) is 4.80. The fourth-order valence-electron chi connectivity index (χ4n) is 3.85. The van der Waals surface area contributed by atoms with E-state index in [-0.39, 0.29) is 24.1 Å². The molecule has 1 N–H and O–H groups in total. The van der Waals surface area contributed by atoms with Gasteiger partial charge in [-0.15, -0.1) is 5.10 Å². The Morgan fingerprint density at radius 1 is 1.26 bits per heavy atom. The zero-order valence-corrected chi connectivity index (χ0v) is 16.7. The highest BCUT2D eigenvalue weighted by molar-refractivity contribution is 7.17. The molecule has 0 spiro atoms. The molecular weight excluding hydrogens is 364 g/mol. The Hall–Kier alpha value is -2.16. The molecule has 1 fully saturated rings. The summed E-state index contributed by atoms with van der Waals surface area (Å²) in [6.45, 7) is 7.50. The van der Waals surface area contributed by atoms with E-state index < -0.39 is 0 Å². The molecule has 1 aliphatic heterocycles. The predicted octanol–water partition coefficient (Wildman–Crippen LogP) is 3.01. The van der Waals surface area contributed by atoms with E-state index in [1.165, 1.54) is 15.9 Å². The molecule has 3 heterocycles. The summed E-state index contributed by atoms with van der Waals surface area (Å²) in [6, 6.07) is 7.79. The van der Waals surface area contributed by atoms with Crippen LogP contribution in [0.2, 0.25) is 0 Å². The minimum absolute atomic E-state index is 0.109. The van der Waals surface area contributed by atoms with Crippen molar-refractivity contribution in [1.82, 2.24) is 19.5 Å². The number of benzene rings is 1. The van der Waals surface area contributed by atoms with Crippen molar-refractivity contribution in [3.05, 3.63) is 40.5 Å². The van der Waals surface area contributed by atoms with Gasteiger partial charge in [-0.05, 0) is 26.8 Å². The normalized spacial score (nSPS) is 22.2. The molecule has 2 aromatic heterocycles. The fourth-order valence-corrected chi connectivity index (χ4v) is 5.00. The number of methoxy groups -OCH3 is 1. The van der Waals surface area contributed by atoms with Gasteiger partial charge in [-0.3, -0.25) is 4.90 Å². The number of hydrogen-bond acceptors (Lipinski definition) is 7. The van der Waals surface area contributed by atoms with Gasteiger partial charge in [0.1, 0.15) is 11.6 Å². The van der Waals surface area contributed by atoms with Crippen molar-refractivity contribution in [1.29, 1.82) is 0 Å². The molecule has 1 aromatic carbocycles. The maximum atomic E-state index is 10.9. The van der Waals surface area contributed by atoms with Gasteiger partial charge >= 0.3 is 0 Å². The Labute approximate surface area is 162 Å². The van der Waals surface area contributed by atoms with E-state index in [2.05, 4.69) is 34.9 Å². The number of aryl methyl sites for hydroxylation is 1. The molecule has 0 amide bonds. The number of thiazole rings is 1. The molecule has 144 valence electrons.